The zero-order valence-electron chi connectivity index (χ0n) is 9.67. The van der Waals surface area contributed by atoms with Crippen LogP contribution in [0.15, 0.2) is 28.9 Å². The number of hydrogen-bond donors (Lipinski definition) is 1. The Balaban J connectivity index is 2.33. The molecule has 2 rings (SSSR count). The van der Waals surface area contributed by atoms with Gasteiger partial charge < -0.3 is 9.88 Å². The zero-order valence-corrected chi connectivity index (χ0v) is 13.4. The summed E-state index contributed by atoms with van der Waals surface area (Å²) in [6.07, 6.45) is 2.05. The van der Waals surface area contributed by atoms with Crippen LogP contribution in [-0.4, -0.2) is 9.55 Å². The first-order chi connectivity index (χ1) is 8.10. The van der Waals surface area contributed by atoms with E-state index in [1.54, 1.807) is 0 Å². The molecule has 0 aliphatic carbocycles. The van der Waals surface area contributed by atoms with E-state index in [2.05, 4.69) is 72.4 Å². The molecule has 0 saturated heterocycles. The molecular formula is C12H13BrIN3. The predicted octanol–water partition coefficient (Wildman–Crippen LogP) is 4.32. The molecule has 1 aromatic carbocycles. The highest BCUT2D eigenvalue weighted by atomic mass is 127. The van der Waals surface area contributed by atoms with Crippen LogP contribution in [0.5, 0.6) is 0 Å². The van der Waals surface area contributed by atoms with E-state index < -0.39 is 0 Å². The van der Waals surface area contributed by atoms with Crippen LogP contribution in [0, 0.1) is 10.5 Å². The van der Waals surface area contributed by atoms with Crippen molar-refractivity contribution in [2.75, 3.05) is 5.32 Å². The number of anilines is 2. The number of imidazole rings is 1. The van der Waals surface area contributed by atoms with E-state index in [4.69, 9.17) is 0 Å². The normalized spacial score (nSPS) is 10.6. The highest BCUT2D eigenvalue weighted by Crippen LogP contribution is 2.25. The number of aryl methyl sites for hydroxylation is 2. The maximum Gasteiger partial charge on any atom is 0.207 e. The quantitative estimate of drug-likeness (QED) is 0.770. The molecule has 0 atom stereocenters. The average Bonchev–Trinajstić information content (AvgIpc) is 2.64. The summed E-state index contributed by atoms with van der Waals surface area (Å²) < 4.78 is 4.34. The first-order valence-electron chi connectivity index (χ1n) is 5.36. The molecule has 90 valence electrons. The summed E-state index contributed by atoms with van der Waals surface area (Å²) in [6, 6.07) is 6.16. The van der Waals surface area contributed by atoms with Gasteiger partial charge in [0, 0.05) is 20.8 Å². The van der Waals surface area contributed by atoms with Crippen molar-refractivity contribution in [2.24, 2.45) is 0 Å². The average molecular weight is 406 g/mol. The molecule has 1 aromatic heterocycles. The van der Waals surface area contributed by atoms with Crippen molar-refractivity contribution >= 4 is 50.2 Å². The van der Waals surface area contributed by atoms with Crippen LogP contribution in [0.25, 0.3) is 0 Å². The Morgan fingerprint density at radius 2 is 2.24 bits per heavy atom. The first kappa shape index (κ1) is 12.9. The van der Waals surface area contributed by atoms with Crippen LogP contribution in [0.1, 0.15) is 12.6 Å². The van der Waals surface area contributed by atoms with Crippen LogP contribution < -0.4 is 5.32 Å². The summed E-state index contributed by atoms with van der Waals surface area (Å²) in [7, 11) is 0. The molecule has 0 radical (unpaired) electrons. The summed E-state index contributed by atoms with van der Waals surface area (Å²) in [5, 5.41) is 3.37. The van der Waals surface area contributed by atoms with Crippen LogP contribution in [-0.2, 0) is 6.54 Å². The molecule has 3 nitrogen and oxygen atoms in total. The van der Waals surface area contributed by atoms with Crippen molar-refractivity contribution in [3.63, 3.8) is 0 Å². The molecule has 0 bridgehead atoms. The molecule has 0 spiro atoms. The maximum atomic E-state index is 4.48. The molecule has 0 aliphatic heterocycles. The summed E-state index contributed by atoms with van der Waals surface area (Å²) in [4.78, 5) is 4.48. The van der Waals surface area contributed by atoms with Crippen molar-refractivity contribution in [2.45, 2.75) is 20.4 Å². The Morgan fingerprint density at radius 3 is 2.94 bits per heavy atom. The molecular weight excluding hydrogens is 393 g/mol. The molecule has 0 saturated carbocycles. The third kappa shape index (κ3) is 3.01. The largest absolute Gasteiger partial charge is 0.325 e. The Labute approximate surface area is 123 Å². The fraction of sp³-hybridized carbons (Fsp3) is 0.250. The van der Waals surface area contributed by atoms with Gasteiger partial charge in [0.25, 0.3) is 0 Å². The topological polar surface area (TPSA) is 29.9 Å². The van der Waals surface area contributed by atoms with Crippen LogP contribution >= 0.6 is 38.5 Å². The smallest absolute Gasteiger partial charge is 0.207 e. The van der Waals surface area contributed by atoms with Crippen molar-refractivity contribution in [1.82, 2.24) is 9.55 Å². The number of benzene rings is 1. The summed E-state index contributed by atoms with van der Waals surface area (Å²) in [5.41, 5.74) is 2.10. The van der Waals surface area contributed by atoms with E-state index in [1.807, 2.05) is 19.2 Å². The zero-order chi connectivity index (χ0) is 12.4. The molecule has 1 heterocycles. The van der Waals surface area contributed by atoms with E-state index in [0.717, 1.165) is 28.3 Å². The third-order valence-corrected chi connectivity index (χ3v) is 3.85. The second-order valence-corrected chi connectivity index (χ2v) is 5.82. The molecule has 0 fully saturated rings. The third-order valence-electron chi connectivity index (χ3n) is 2.41. The number of nitrogens with one attached hydrogen (secondary N) is 1. The van der Waals surface area contributed by atoms with Gasteiger partial charge in [-0.1, -0.05) is 15.9 Å². The summed E-state index contributed by atoms with van der Waals surface area (Å²) >= 11 is 5.79. The van der Waals surface area contributed by atoms with Gasteiger partial charge in [0.15, 0.2) is 0 Å². The highest BCUT2D eigenvalue weighted by molar-refractivity contribution is 14.1. The van der Waals surface area contributed by atoms with E-state index in [0.29, 0.717) is 0 Å². The van der Waals surface area contributed by atoms with Gasteiger partial charge in [-0.15, -0.1) is 0 Å². The van der Waals surface area contributed by atoms with E-state index >= 15 is 0 Å². The number of hydrogen-bond acceptors (Lipinski definition) is 2. The summed E-state index contributed by atoms with van der Waals surface area (Å²) in [6.45, 7) is 5.02. The van der Waals surface area contributed by atoms with Crippen molar-refractivity contribution in [3.8, 4) is 0 Å². The fourth-order valence-corrected chi connectivity index (χ4v) is 2.43. The van der Waals surface area contributed by atoms with Crippen molar-refractivity contribution in [3.05, 3.63) is 38.1 Å². The second kappa shape index (κ2) is 5.39. The molecule has 5 heteroatoms. The fourth-order valence-electron chi connectivity index (χ4n) is 1.60. The minimum Gasteiger partial charge on any atom is -0.325 e. The minimum absolute atomic E-state index is 0.890. The molecule has 1 N–H and O–H groups in total. The number of halogens is 2. The molecule has 17 heavy (non-hydrogen) atoms. The van der Waals surface area contributed by atoms with Crippen LogP contribution in [0.2, 0.25) is 0 Å². The maximum absolute atomic E-state index is 4.48. The Morgan fingerprint density at radius 1 is 1.47 bits per heavy atom. The lowest BCUT2D eigenvalue weighted by atomic mass is 10.3. The lowest BCUT2D eigenvalue weighted by molar-refractivity contribution is 0.771. The molecule has 0 unspecified atom stereocenters. The lowest BCUT2D eigenvalue weighted by Crippen LogP contribution is -2.02. The van der Waals surface area contributed by atoms with E-state index in [9.17, 15) is 0 Å². The molecule has 0 aliphatic rings. The number of nitrogens with zero attached hydrogens (tertiary/aromatic N) is 2. The van der Waals surface area contributed by atoms with Gasteiger partial charge in [-0.05, 0) is 54.6 Å². The number of aromatic nitrogens is 2. The van der Waals surface area contributed by atoms with Gasteiger partial charge >= 0.3 is 0 Å². The molecule has 0 amide bonds. The van der Waals surface area contributed by atoms with Crippen LogP contribution in [0.4, 0.5) is 11.6 Å². The van der Waals surface area contributed by atoms with Gasteiger partial charge in [0.2, 0.25) is 5.95 Å². The standard InChI is InChI=1S/C12H13BrIN3/c1-3-17-7-8(2)15-12(17)16-11-6-9(13)4-5-10(11)14/h4-7H,3H2,1-2H3,(H,15,16). The van der Waals surface area contributed by atoms with Gasteiger partial charge in [0.1, 0.15) is 0 Å². The van der Waals surface area contributed by atoms with E-state index in [1.165, 1.54) is 3.57 Å². The Kier molecular flexibility index (Phi) is 4.09. The lowest BCUT2D eigenvalue weighted by Gasteiger charge is -2.09. The minimum atomic E-state index is 0.890. The van der Waals surface area contributed by atoms with E-state index in [-0.39, 0.29) is 0 Å². The van der Waals surface area contributed by atoms with Crippen molar-refractivity contribution < 1.29 is 0 Å². The van der Waals surface area contributed by atoms with Gasteiger partial charge in [-0.3, -0.25) is 0 Å². The molecule has 2 aromatic rings. The van der Waals surface area contributed by atoms with Gasteiger partial charge in [-0.2, -0.15) is 0 Å². The van der Waals surface area contributed by atoms with Gasteiger partial charge in [-0.25, -0.2) is 4.98 Å². The summed E-state index contributed by atoms with van der Waals surface area (Å²) in [5.74, 6) is 0.890. The van der Waals surface area contributed by atoms with Crippen LogP contribution in [0.3, 0.4) is 0 Å². The monoisotopic (exact) mass is 405 g/mol. The van der Waals surface area contributed by atoms with Crippen molar-refractivity contribution in [1.29, 1.82) is 0 Å². The number of rotatable bonds is 3. The first-order valence-corrected chi connectivity index (χ1v) is 7.23. The Hall–Kier alpha value is -0.560. The predicted molar refractivity (Wildman–Crippen MR) is 82.8 cm³/mol. The SMILES string of the molecule is CCn1cc(C)nc1Nc1cc(Br)ccc1I. The second-order valence-electron chi connectivity index (χ2n) is 3.74. The van der Waals surface area contributed by atoms with Gasteiger partial charge in [0.05, 0.1) is 11.4 Å². The Bertz CT molecular complexity index is 537. The highest BCUT2D eigenvalue weighted by Gasteiger charge is 2.07.